The van der Waals surface area contributed by atoms with E-state index < -0.39 is 17.7 Å². The summed E-state index contributed by atoms with van der Waals surface area (Å²) in [6.07, 6.45) is 0. The fourth-order valence-corrected chi connectivity index (χ4v) is 3.98. The molecular formula is C25H17Cl2FN2O4. The van der Waals surface area contributed by atoms with Crippen molar-refractivity contribution in [1.29, 1.82) is 5.26 Å². The fraction of sp³-hybridized carbons (Fsp3) is 0.120. The van der Waals surface area contributed by atoms with E-state index in [1.54, 1.807) is 24.3 Å². The molecule has 1 aliphatic heterocycles. The van der Waals surface area contributed by atoms with Crippen LogP contribution in [0.1, 0.15) is 22.6 Å². The van der Waals surface area contributed by atoms with Crippen molar-refractivity contribution < 1.29 is 23.4 Å². The second-order valence-corrected chi connectivity index (χ2v) is 8.25. The van der Waals surface area contributed by atoms with Crippen LogP contribution in [-0.4, -0.2) is 12.6 Å². The summed E-state index contributed by atoms with van der Waals surface area (Å²) in [5, 5.41) is 10.4. The van der Waals surface area contributed by atoms with Crippen molar-refractivity contribution in [3.8, 4) is 23.3 Å². The molecule has 0 aliphatic carbocycles. The predicted molar refractivity (Wildman–Crippen MR) is 124 cm³/mol. The van der Waals surface area contributed by atoms with E-state index in [4.69, 9.17) is 43.1 Å². The lowest BCUT2D eigenvalue weighted by Gasteiger charge is -2.27. The van der Waals surface area contributed by atoms with E-state index in [-0.39, 0.29) is 40.1 Å². The molecule has 3 aromatic rings. The van der Waals surface area contributed by atoms with E-state index in [0.29, 0.717) is 16.3 Å². The molecule has 0 fully saturated rings. The number of ether oxygens (including phenoxy) is 3. The first kappa shape index (κ1) is 23.4. The van der Waals surface area contributed by atoms with Gasteiger partial charge in [0.05, 0.1) is 5.92 Å². The van der Waals surface area contributed by atoms with Gasteiger partial charge in [-0.1, -0.05) is 35.3 Å². The zero-order valence-electron chi connectivity index (χ0n) is 17.8. The van der Waals surface area contributed by atoms with E-state index in [2.05, 4.69) is 0 Å². The van der Waals surface area contributed by atoms with Crippen molar-refractivity contribution in [2.75, 3.05) is 6.61 Å². The van der Waals surface area contributed by atoms with E-state index in [1.807, 2.05) is 13.0 Å². The molecule has 1 aliphatic rings. The van der Waals surface area contributed by atoms with Crippen molar-refractivity contribution >= 4 is 29.2 Å². The predicted octanol–water partition coefficient (Wildman–Crippen LogP) is 5.64. The van der Waals surface area contributed by atoms with Crippen molar-refractivity contribution in [3.05, 3.63) is 98.6 Å². The van der Waals surface area contributed by atoms with Gasteiger partial charge in [0.2, 0.25) is 5.88 Å². The zero-order chi connectivity index (χ0) is 24.4. The molecule has 9 heteroatoms. The Hall–Kier alpha value is -3.73. The molecule has 34 heavy (non-hydrogen) atoms. The largest absolute Gasteiger partial charge is 0.482 e. The SMILES string of the molecule is Cc1cc(OCC(=O)Oc2ccc3c(c2)OC(N)=C(C#N)C3c2c(F)cccc2Cl)ccc1Cl. The minimum absolute atomic E-state index is 0.0240. The number of hydrogen-bond donors (Lipinski definition) is 1. The molecule has 3 aromatic carbocycles. The Morgan fingerprint density at radius 3 is 2.62 bits per heavy atom. The van der Waals surface area contributed by atoms with Crippen LogP contribution in [-0.2, 0) is 4.79 Å². The van der Waals surface area contributed by atoms with Crippen molar-refractivity contribution in [2.45, 2.75) is 12.8 Å². The molecule has 2 N–H and O–H groups in total. The van der Waals surface area contributed by atoms with Gasteiger partial charge in [0.25, 0.3) is 0 Å². The first-order valence-corrected chi connectivity index (χ1v) is 10.8. The number of aryl methyl sites for hydroxylation is 1. The van der Waals surface area contributed by atoms with Crippen LogP contribution in [0.25, 0.3) is 0 Å². The number of benzene rings is 3. The number of carbonyl (C=O) groups excluding carboxylic acids is 1. The van der Waals surface area contributed by atoms with Crippen LogP contribution < -0.4 is 19.9 Å². The average molecular weight is 499 g/mol. The molecule has 0 aromatic heterocycles. The average Bonchev–Trinajstić information content (AvgIpc) is 2.79. The number of carbonyl (C=O) groups is 1. The van der Waals surface area contributed by atoms with Gasteiger partial charge in [0.1, 0.15) is 34.7 Å². The van der Waals surface area contributed by atoms with Gasteiger partial charge in [-0.25, -0.2) is 9.18 Å². The standard InChI is InChI=1S/C25H17Cl2FN2O4/c1-13-9-14(6-8-18(13)26)32-12-22(31)33-15-5-7-16-21(10-15)34-25(30)17(11-29)23(16)24-19(27)3-2-4-20(24)28/h2-10,23H,12,30H2,1H3. The molecule has 0 saturated carbocycles. The fourth-order valence-electron chi connectivity index (χ4n) is 3.59. The Labute approximate surface area is 204 Å². The molecule has 0 amide bonds. The topological polar surface area (TPSA) is 94.6 Å². The lowest BCUT2D eigenvalue weighted by Crippen LogP contribution is -2.22. The normalized spacial score (nSPS) is 14.6. The number of nitrogens with zero attached hydrogens (tertiary/aromatic N) is 1. The molecule has 0 bridgehead atoms. The van der Waals surface area contributed by atoms with Gasteiger partial charge in [-0.2, -0.15) is 5.26 Å². The van der Waals surface area contributed by atoms with E-state index >= 15 is 0 Å². The number of fused-ring (bicyclic) bond motifs is 1. The quantitative estimate of drug-likeness (QED) is 0.361. The van der Waals surface area contributed by atoms with Crippen molar-refractivity contribution in [3.63, 3.8) is 0 Å². The smallest absolute Gasteiger partial charge is 0.349 e. The molecule has 6 nitrogen and oxygen atoms in total. The number of hydrogen-bond acceptors (Lipinski definition) is 6. The van der Waals surface area contributed by atoms with Gasteiger partial charge in [-0.3, -0.25) is 0 Å². The van der Waals surface area contributed by atoms with Crippen molar-refractivity contribution in [2.24, 2.45) is 5.73 Å². The molecule has 172 valence electrons. The maximum Gasteiger partial charge on any atom is 0.349 e. The Morgan fingerprint density at radius 1 is 1.15 bits per heavy atom. The summed E-state index contributed by atoms with van der Waals surface area (Å²) in [6.45, 7) is 1.48. The second kappa shape index (κ2) is 9.64. The molecule has 0 saturated heterocycles. The first-order chi connectivity index (χ1) is 16.3. The zero-order valence-corrected chi connectivity index (χ0v) is 19.3. The van der Waals surface area contributed by atoms with Crippen LogP contribution in [0.15, 0.2) is 66.1 Å². The molecule has 1 heterocycles. The van der Waals surface area contributed by atoms with Gasteiger partial charge in [0, 0.05) is 27.2 Å². The van der Waals surface area contributed by atoms with E-state index in [1.165, 1.54) is 30.3 Å². The number of halogens is 3. The lowest BCUT2D eigenvalue weighted by molar-refractivity contribution is -0.136. The number of nitriles is 1. The summed E-state index contributed by atoms with van der Waals surface area (Å²) in [5.74, 6) is -1.48. The van der Waals surface area contributed by atoms with Gasteiger partial charge >= 0.3 is 5.97 Å². The van der Waals surface area contributed by atoms with Crippen LogP contribution in [0.4, 0.5) is 4.39 Å². The third-order valence-corrected chi connectivity index (χ3v) is 5.95. The van der Waals surface area contributed by atoms with Crippen molar-refractivity contribution in [1.82, 2.24) is 0 Å². The Bertz CT molecular complexity index is 1350. The highest BCUT2D eigenvalue weighted by atomic mass is 35.5. The molecule has 1 atom stereocenters. The number of rotatable bonds is 5. The van der Waals surface area contributed by atoms with Gasteiger partial charge in [-0.15, -0.1) is 0 Å². The molecule has 1 unspecified atom stereocenters. The number of esters is 1. The van der Waals surface area contributed by atoms with Crippen LogP contribution in [0, 0.1) is 24.1 Å². The minimum atomic E-state index is -0.885. The maximum atomic E-state index is 14.7. The molecular weight excluding hydrogens is 482 g/mol. The summed E-state index contributed by atoms with van der Waals surface area (Å²) >= 11 is 12.2. The van der Waals surface area contributed by atoms with Gasteiger partial charge < -0.3 is 19.9 Å². The molecule has 0 radical (unpaired) electrons. The van der Waals surface area contributed by atoms with Crippen LogP contribution in [0.3, 0.4) is 0 Å². The first-order valence-electron chi connectivity index (χ1n) is 10.0. The molecule has 0 spiro atoms. The summed E-state index contributed by atoms with van der Waals surface area (Å²) in [4.78, 5) is 12.3. The van der Waals surface area contributed by atoms with Gasteiger partial charge in [0.15, 0.2) is 6.61 Å². The van der Waals surface area contributed by atoms with E-state index in [0.717, 1.165) is 5.56 Å². The van der Waals surface area contributed by atoms with Crippen LogP contribution >= 0.6 is 23.2 Å². The Kier molecular flexibility index (Phi) is 6.64. The highest BCUT2D eigenvalue weighted by molar-refractivity contribution is 6.31. The van der Waals surface area contributed by atoms with Gasteiger partial charge in [-0.05, 0) is 48.9 Å². The Morgan fingerprint density at radius 2 is 1.91 bits per heavy atom. The van der Waals surface area contributed by atoms with Crippen LogP contribution in [0.2, 0.25) is 10.0 Å². The summed E-state index contributed by atoms with van der Waals surface area (Å²) in [7, 11) is 0. The third kappa shape index (κ3) is 4.65. The lowest BCUT2D eigenvalue weighted by atomic mass is 9.83. The summed E-state index contributed by atoms with van der Waals surface area (Å²) in [6, 6.07) is 15.8. The number of nitrogens with two attached hydrogens (primary N) is 1. The Balaban J connectivity index is 1.57. The highest BCUT2D eigenvalue weighted by Gasteiger charge is 2.34. The number of allylic oxidation sites excluding steroid dienone is 1. The monoisotopic (exact) mass is 498 g/mol. The summed E-state index contributed by atoms with van der Waals surface area (Å²) < 4.78 is 31.1. The van der Waals surface area contributed by atoms with Crippen LogP contribution in [0.5, 0.6) is 17.2 Å². The third-order valence-electron chi connectivity index (χ3n) is 5.20. The minimum Gasteiger partial charge on any atom is -0.482 e. The second-order valence-electron chi connectivity index (χ2n) is 7.43. The van der Waals surface area contributed by atoms with E-state index in [9.17, 15) is 14.4 Å². The summed E-state index contributed by atoms with van der Waals surface area (Å²) in [5.41, 5.74) is 7.34. The molecule has 4 rings (SSSR count). The highest BCUT2D eigenvalue weighted by Crippen LogP contribution is 2.46. The maximum absolute atomic E-state index is 14.7.